The van der Waals surface area contributed by atoms with Crippen LogP contribution in [-0.2, 0) is 4.74 Å². The molecule has 2 N–H and O–H groups in total. The molecule has 3 nitrogen and oxygen atoms in total. The summed E-state index contributed by atoms with van der Waals surface area (Å²) in [5, 5.41) is 0.588. The molecule has 0 saturated heterocycles. The molecule has 0 aromatic heterocycles. The molecule has 5 heteroatoms. The van der Waals surface area contributed by atoms with E-state index in [2.05, 4.69) is 6.92 Å². The molecule has 1 aromatic rings. The first kappa shape index (κ1) is 14.5. The van der Waals surface area contributed by atoms with Crippen LogP contribution in [0.3, 0.4) is 0 Å². The molecular formula is C14H17Cl2NO2. The van der Waals surface area contributed by atoms with Crippen LogP contribution in [0.5, 0.6) is 0 Å². The van der Waals surface area contributed by atoms with Crippen LogP contribution in [-0.4, -0.2) is 12.1 Å². The summed E-state index contributed by atoms with van der Waals surface area (Å²) in [4.78, 5) is 12.1. The SMILES string of the molecule is CC1CCC(OC(=O)c2c(Cl)ccc(Cl)c2N)CC1. The second-order valence-corrected chi connectivity index (χ2v) is 5.92. The molecule has 1 aliphatic carbocycles. The van der Waals surface area contributed by atoms with E-state index in [9.17, 15) is 4.79 Å². The summed E-state index contributed by atoms with van der Waals surface area (Å²) < 4.78 is 5.48. The summed E-state index contributed by atoms with van der Waals surface area (Å²) in [6.45, 7) is 2.21. The number of hydrogen-bond acceptors (Lipinski definition) is 3. The van der Waals surface area contributed by atoms with Crippen LogP contribution in [0.1, 0.15) is 43.0 Å². The first-order valence-corrected chi connectivity index (χ1v) is 7.19. The van der Waals surface area contributed by atoms with Gasteiger partial charge in [-0.3, -0.25) is 0 Å². The van der Waals surface area contributed by atoms with Gasteiger partial charge in [0.25, 0.3) is 0 Å². The van der Waals surface area contributed by atoms with Crippen molar-refractivity contribution in [2.24, 2.45) is 5.92 Å². The quantitative estimate of drug-likeness (QED) is 0.654. The van der Waals surface area contributed by atoms with E-state index in [4.69, 9.17) is 33.7 Å². The summed E-state index contributed by atoms with van der Waals surface area (Å²) in [6.07, 6.45) is 3.90. The van der Waals surface area contributed by atoms with E-state index in [0.717, 1.165) is 25.7 Å². The molecule has 0 bridgehead atoms. The van der Waals surface area contributed by atoms with Crippen molar-refractivity contribution in [2.45, 2.75) is 38.7 Å². The van der Waals surface area contributed by atoms with Gasteiger partial charge in [-0.25, -0.2) is 4.79 Å². The van der Waals surface area contributed by atoms with Crippen LogP contribution in [0.4, 0.5) is 5.69 Å². The maximum atomic E-state index is 12.1. The fourth-order valence-corrected chi connectivity index (χ4v) is 2.73. The number of anilines is 1. The van der Waals surface area contributed by atoms with Crippen molar-refractivity contribution in [3.8, 4) is 0 Å². The lowest BCUT2D eigenvalue weighted by Crippen LogP contribution is -2.24. The van der Waals surface area contributed by atoms with Crippen LogP contribution < -0.4 is 5.73 Å². The predicted molar refractivity (Wildman–Crippen MR) is 77.7 cm³/mol. The fourth-order valence-electron chi connectivity index (χ4n) is 2.33. The number of nitrogen functional groups attached to an aromatic ring is 1. The van der Waals surface area contributed by atoms with Crippen LogP contribution >= 0.6 is 23.2 Å². The van der Waals surface area contributed by atoms with E-state index in [1.807, 2.05) is 0 Å². The summed E-state index contributed by atoms with van der Waals surface area (Å²) in [5.41, 5.74) is 6.15. The average Bonchev–Trinajstić information content (AvgIpc) is 2.37. The minimum Gasteiger partial charge on any atom is -0.459 e. The van der Waals surface area contributed by atoms with Crippen molar-refractivity contribution in [2.75, 3.05) is 5.73 Å². The highest BCUT2D eigenvalue weighted by Crippen LogP contribution is 2.32. The number of carbonyl (C=O) groups is 1. The Morgan fingerprint density at radius 3 is 2.42 bits per heavy atom. The number of esters is 1. The second kappa shape index (κ2) is 6.02. The van der Waals surface area contributed by atoms with Crippen molar-refractivity contribution in [1.29, 1.82) is 0 Å². The average molecular weight is 302 g/mol. The molecule has 0 radical (unpaired) electrons. The number of carbonyl (C=O) groups excluding carboxylic acids is 1. The highest BCUT2D eigenvalue weighted by Gasteiger charge is 2.25. The topological polar surface area (TPSA) is 52.3 Å². The number of ether oxygens (including phenoxy) is 1. The third kappa shape index (κ3) is 3.34. The summed E-state index contributed by atoms with van der Waals surface area (Å²) in [5.74, 6) is 0.222. The Labute approximate surface area is 123 Å². The zero-order valence-corrected chi connectivity index (χ0v) is 12.3. The Morgan fingerprint density at radius 2 is 1.79 bits per heavy atom. The van der Waals surface area contributed by atoms with Crippen molar-refractivity contribution in [1.82, 2.24) is 0 Å². The first-order valence-electron chi connectivity index (χ1n) is 6.43. The smallest absolute Gasteiger partial charge is 0.342 e. The van der Waals surface area contributed by atoms with Crippen molar-refractivity contribution in [3.05, 3.63) is 27.7 Å². The molecule has 1 fully saturated rings. The Kier molecular flexibility index (Phi) is 4.58. The van der Waals surface area contributed by atoms with Gasteiger partial charge < -0.3 is 10.5 Å². The van der Waals surface area contributed by atoms with Gasteiger partial charge in [0.2, 0.25) is 0 Å². The molecule has 0 spiro atoms. The third-order valence-electron chi connectivity index (χ3n) is 3.58. The normalized spacial score (nSPS) is 23.1. The van der Waals surface area contributed by atoms with Gasteiger partial charge in [-0.05, 0) is 43.7 Å². The van der Waals surface area contributed by atoms with E-state index in [1.165, 1.54) is 0 Å². The molecule has 1 saturated carbocycles. The molecular weight excluding hydrogens is 285 g/mol. The van der Waals surface area contributed by atoms with Crippen molar-refractivity contribution in [3.63, 3.8) is 0 Å². The largest absolute Gasteiger partial charge is 0.459 e. The van der Waals surface area contributed by atoms with Crippen LogP contribution in [0.2, 0.25) is 10.0 Å². The maximum absolute atomic E-state index is 12.1. The monoisotopic (exact) mass is 301 g/mol. The summed E-state index contributed by atoms with van der Waals surface area (Å²) >= 11 is 11.9. The Morgan fingerprint density at radius 1 is 1.21 bits per heavy atom. The standard InChI is InChI=1S/C14H17Cl2NO2/c1-8-2-4-9(5-3-8)19-14(18)12-10(15)6-7-11(16)13(12)17/h6-9H,2-5,17H2,1H3. The molecule has 2 rings (SSSR count). The maximum Gasteiger partial charge on any atom is 0.342 e. The van der Waals surface area contributed by atoms with Crippen LogP contribution in [0, 0.1) is 5.92 Å². The highest BCUT2D eigenvalue weighted by atomic mass is 35.5. The number of nitrogens with two attached hydrogens (primary N) is 1. The summed E-state index contributed by atoms with van der Waals surface area (Å²) in [7, 11) is 0. The number of hydrogen-bond donors (Lipinski definition) is 1. The van der Waals surface area contributed by atoms with E-state index < -0.39 is 5.97 Å². The Balaban J connectivity index is 2.10. The van der Waals surface area contributed by atoms with E-state index in [-0.39, 0.29) is 22.4 Å². The second-order valence-electron chi connectivity index (χ2n) is 5.11. The Bertz CT molecular complexity index is 483. The molecule has 0 aliphatic heterocycles. The van der Waals surface area contributed by atoms with Gasteiger partial charge in [0.1, 0.15) is 11.7 Å². The molecule has 0 heterocycles. The minimum atomic E-state index is -0.482. The lowest BCUT2D eigenvalue weighted by atomic mass is 9.89. The first-order chi connectivity index (χ1) is 8.99. The van der Waals surface area contributed by atoms with Gasteiger partial charge in [0.05, 0.1) is 15.7 Å². The Hall–Kier alpha value is -0.930. The fraction of sp³-hybridized carbons (Fsp3) is 0.500. The highest BCUT2D eigenvalue weighted by molar-refractivity contribution is 6.38. The minimum absolute atomic E-state index is 0.0434. The van der Waals surface area contributed by atoms with Crippen molar-refractivity contribution < 1.29 is 9.53 Å². The number of benzene rings is 1. The van der Waals surface area contributed by atoms with Gasteiger partial charge in [0, 0.05) is 0 Å². The zero-order valence-electron chi connectivity index (χ0n) is 10.8. The zero-order chi connectivity index (χ0) is 14.0. The van der Waals surface area contributed by atoms with Gasteiger partial charge in [-0.1, -0.05) is 30.1 Å². The van der Waals surface area contributed by atoms with E-state index in [0.29, 0.717) is 10.9 Å². The number of rotatable bonds is 2. The van der Waals surface area contributed by atoms with Crippen LogP contribution in [0.25, 0.3) is 0 Å². The molecule has 0 atom stereocenters. The predicted octanol–water partition coefficient (Wildman–Crippen LogP) is 4.31. The molecule has 19 heavy (non-hydrogen) atoms. The van der Waals surface area contributed by atoms with E-state index in [1.54, 1.807) is 12.1 Å². The molecule has 1 aliphatic rings. The van der Waals surface area contributed by atoms with Gasteiger partial charge >= 0.3 is 5.97 Å². The van der Waals surface area contributed by atoms with Gasteiger partial charge in [-0.15, -0.1) is 0 Å². The third-order valence-corrected chi connectivity index (χ3v) is 4.23. The molecule has 0 amide bonds. The van der Waals surface area contributed by atoms with E-state index >= 15 is 0 Å². The molecule has 1 aromatic carbocycles. The molecule has 104 valence electrons. The number of halogens is 2. The lowest BCUT2D eigenvalue weighted by Gasteiger charge is -2.26. The van der Waals surface area contributed by atoms with Crippen LogP contribution in [0.15, 0.2) is 12.1 Å². The lowest BCUT2D eigenvalue weighted by molar-refractivity contribution is 0.0175. The van der Waals surface area contributed by atoms with Gasteiger partial charge in [0.15, 0.2) is 0 Å². The van der Waals surface area contributed by atoms with Crippen molar-refractivity contribution >= 4 is 34.9 Å². The summed E-state index contributed by atoms with van der Waals surface area (Å²) in [6, 6.07) is 3.12. The molecule has 0 unspecified atom stereocenters. The van der Waals surface area contributed by atoms with Gasteiger partial charge in [-0.2, -0.15) is 0 Å².